The highest BCUT2D eigenvalue weighted by molar-refractivity contribution is 7.93. The zero-order valence-electron chi connectivity index (χ0n) is 41.3. The number of aliphatic hydroxyl groups excluding tert-OH is 2. The second kappa shape index (κ2) is 27.3. The van der Waals surface area contributed by atoms with Gasteiger partial charge in [0, 0.05) is 96.3 Å². The van der Waals surface area contributed by atoms with Crippen LogP contribution in [0.3, 0.4) is 0 Å². The molecule has 8 rings (SSSR count). The Morgan fingerprint density at radius 2 is 1.12 bits per heavy atom. The van der Waals surface area contributed by atoms with Gasteiger partial charge in [0.2, 0.25) is 0 Å². The lowest BCUT2D eigenvalue weighted by Crippen LogP contribution is -2.38. The van der Waals surface area contributed by atoms with E-state index in [4.69, 9.17) is 9.47 Å². The van der Waals surface area contributed by atoms with E-state index in [1.807, 2.05) is 31.2 Å². The van der Waals surface area contributed by atoms with E-state index < -0.39 is 28.1 Å². The van der Waals surface area contributed by atoms with Crippen molar-refractivity contribution in [3.8, 4) is 33.0 Å². The van der Waals surface area contributed by atoms with Crippen molar-refractivity contribution >= 4 is 83.7 Å². The Morgan fingerprint density at radius 3 is 1.60 bits per heavy atom. The molecule has 1 amide bonds. The first-order valence-corrected chi connectivity index (χ1v) is 27.8. The average Bonchev–Trinajstić information content (AvgIpc) is 4.11. The van der Waals surface area contributed by atoms with Gasteiger partial charge >= 0.3 is 0 Å². The van der Waals surface area contributed by atoms with Gasteiger partial charge in [-0.2, -0.15) is 10.5 Å². The van der Waals surface area contributed by atoms with E-state index in [9.17, 15) is 33.9 Å². The molecule has 2 aliphatic rings. The molecule has 0 spiro atoms. The standard InChI is InChI=1S/C28H32N4O3S.C27H32N4O4S2/c1-2-25(33)19-31-28(34)23(18-29)17-26-7-8-27(36-26)22-4-3-21-16-24(6-5-20(21)15-22)30-9-10-32-11-13-35-14-12-32;1-2-24(32)19-30-37(33,34)26(18-28)17-25-7-8-27(36-25)22-4-3-21-16-23(6-5-20(21)15-22)29-9-10-31-11-13-35-14-12-31/h3-8,15-17,25,30,33H,2,9-14,19H2,1H3,(H,31,34);3-8,15-17,24,29-30,32H,2,9-14,19H2,1H3/b23-17+;26-17+. The molecule has 2 aliphatic heterocycles. The lowest BCUT2D eigenvalue weighted by Gasteiger charge is -2.26. The number of nitrogens with zero attached hydrogens (tertiary/aromatic N) is 4. The monoisotopic (exact) mass is 1040 g/mol. The number of fused-ring (bicyclic) bond motifs is 2. The number of rotatable bonds is 21. The van der Waals surface area contributed by atoms with Crippen LogP contribution in [0.1, 0.15) is 36.4 Å². The van der Waals surface area contributed by atoms with Gasteiger partial charge in [0.05, 0.1) is 38.6 Å². The second-order valence-electron chi connectivity index (χ2n) is 17.7. The maximum absolute atomic E-state index is 12.5. The molecule has 0 aliphatic carbocycles. The number of nitriles is 2. The molecule has 2 atom stereocenters. The van der Waals surface area contributed by atoms with Crippen molar-refractivity contribution in [2.75, 3.05) is 103 Å². The molecule has 4 heterocycles. The summed E-state index contributed by atoms with van der Waals surface area (Å²) in [5.74, 6) is -0.472. The largest absolute Gasteiger partial charge is 0.392 e. The molecular formula is C55H64N8O7S3. The Labute approximate surface area is 436 Å². The number of hydrogen-bond acceptors (Lipinski definition) is 15. The Hall–Kier alpha value is -6.00. The van der Waals surface area contributed by atoms with E-state index in [2.05, 4.69) is 103 Å². The number of carbonyl (C=O) groups excluding carboxylic acids is 1. The van der Waals surface area contributed by atoms with Crippen LogP contribution in [0, 0.1) is 22.7 Å². The Kier molecular flexibility index (Phi) is 20.5. The van der Waals surface area contributed by atoms with Crippen LogP contribution in [0.5, 0.6) is 0 Å². The molecule has 2 unspecified atom stereocenters. The third-order valence-electron chi connectivity index (χ3n) is 12.5. The van der Waals surface area contributed by atoms with Crippen molar-refractivity contribution in [1.29, 1.82) is 10.5 Å². The number of ether oxygens (including phenoxy) is 2. The van der Waals surface area contributed by atoms with Gasteiger partial charge in [-0.25, -0.2) is 13.1 Å². The smallest absolute Gasteiger partial charge is 0.262 e. The SMILES string of the molecule is CCC(O)CNC(=O)/C(C#N)=C/c1ccc(-c2ccc3cc(NCCN4CCOCC4)ccc3c2)s1.CCC(O)CNS(=O)(=O)/C(C#N)=C/c1ccc(-c2ccc3cc(NCCN4CCOCC4)ccc3c2)s1. The van der Waals surface area contributed by atoms with E-state index in [0.29, 0.717) is 17.7 Å². The summed E-state index contributed by atoms with van der Waals surface area (Å²) in [6.45, 7) is 14.6. The fourth-order valence-electron chi connectivity index (χ4n) is 8.02. The number of morpholine rings is 2. The number of sulfonamides is 1. The number of hydrogen-bond donors (Lipinski definition) is 6. The number of benzene rings is 4. The van der Waals surface area contributed by atoms with E-state index in [-0.39, 0.29) is 23.6 Å². The number of nitrogens with one attached hydrogen (secondary N) is 4. The van der Waals surface area contributed by atoms with Crippen molar-refractivity contribution in [3.63, 3.8) is 0 Å². The predicted octanol–water partition coefficient (Wildman–Crippen LogP) is 7.97. The second-order valence-corrected chi connectivity index (χ2v) is 21.7. The molecule has 384 valence electrons. The molecule has 6 N–H and O–H groups in total. The summed E-state index contributed by atoms with van der Waals surface area (Å²) in [6.07, 6.45) is 2.51. The minimum absolute atomic E-state index is 0.0267. The van der Waals surface area contributed by atoms with Crippen LogP contribution in [0.4, 0.5) is 11.4 Å². The third kappa shape index (κ3) is 16.2. The highest BCUT2D eigenvalue weighted by Crippen LogP contribution is 2.34. The van der Waals surface area contributed by atoms with Crippen LogP contribution in [0.15, 0.2) is 108 Å². The van der Waals surface area contributed by atoms with E-state index in [1.54, 1.807) is 25.1 Å². The lowest BCUT2D eigenvalue weighted by atomic mass is 10.1. The van der Waals surface area contributed by atoms with Crippen LogP contribution in [-0.4, -0.2) is 138 Å². The third-order valence-corrected chi connectivity index (χ3v) is 16.0. The molecule has 6 aromatic rings. The maximum Gasteiger partial charge on any atom is 0.262 e. The predicted molar refractivity (Wildman–Crippen MR) is 296 cm³/mol. The minimum atomic E-state index is -3.99. The molecule has 0 radical (unpaired) electrons. The number of amides is 1. The molecular weight excluding hydrogens is 981 g/mol. The fourth-order valence-corrected chi connectivity index (χ4v) is 11.0. The summed E-state index contributed by atoms with van der Waals surface area (Å²) in [6, 6.07) is 36.8. The van der Waals surface area contributed by atoms with Gasteiger partial charge in [0.1, 0.15) is 17.7 Å². The lowest BCUT2D eigenvalue weighted by molar-refractivity contribution is -0.117. The molecule has 0 bridgehead atoms. The van der Waals surface area contributed by atoms with Crippen LogP contribution in [-0.2, 0) is 24.3 Å². The fraction of sp³-hybridized carbons (Fsp3) is 0.364. The first kappa shape index (κ1) is 54.8. The van der Waals surface area contributed by atoms with Gasteiger partial charge in [0.15, 0.2) is 4.91 Å². The van der Waals surface area contributed by atoms with Gasteiger partial charge in [-0.05, 0) is 118 Å². The van der Waals surface area contributed by atoms with Gasteiger partial charge in [-0.1, -0.05) is 50.2 Å². The van der Waals surface area contributed by atoms with Crippen molar-refractivity contribution in [2.24, 2.45) is 0 Å². The van der Waals surface area contributed by atoms with Crippen molar-refractivity contribution in [2.45, 2.75) is 38.9 Å². The van der Waals surface area contributed by atoms with Crippen molar-refractivity contribution < 1.29 is 32.9 Å². The quantitative estimate of drug-likeness (QED) is 0.0299. The first-order chi connectivity index (χ1) is 35.4. The molecule has 73 heavy (non-hydrogen) atoms. The first-order valence-electron chi connectivity index (χ1n) is 24.7. The van der Waals surface area contributed by atoms with Gasteiger partial charge in [-0.3, -0.25) is 14.6 Å². The summed E-state index contributed by atoms with van der Waals surface area (Å²) in [5, 5.41) is 52.3. The Morgan fingerprint density at radius 1 is 0.658 bits per heavy atom. The average molecular weight is 1050 g/mol. The number of carbonyl (C=O) groups is 1. The van der Waals surface area contributed by atoms with Crippen LogP contribution in [0.2, 0.25) is 0 Å². The molecule has 18 heteroatoms. The highest BCUT2D eigenvalue weighted by Gasteiger charge is 2.20. The molecule has 4 aromatic carbocycles. The van der Waals surface area contributed by atoms with Crippen molar-refractivity contribution in [1.82, 2.24) is 19.8 Å². The number of thiophene rings is 2. The molecule has 2 aromatic heterocycles. The normalized spacial score (nSPS) is 15.7. The number of anilines is 2. The van der Waals surface area contributed by atoms with E-state index in [1.165, 1.54) is 34.1 Å². The minimum Gasteiger partial charge on any atom is -0.392 e. The van der Waals surface area contributed by atoms with Crippen LogP contribution < -0.4 is 20.7 Å². The maximum atomic E-state index is 12.5. The summed E-state index contributed by atoms with van der Waals surface area (Å²) >= 11 is 2.95. The van der Waals surface area contributed by atoms with Crippen LogP contribution in [0.25, 0.3) is 54.6 Å². The van der Waals surface area contributed by atoms with Gasteiger partial charge in [0.25, 0.3) is 15.9 Å². The summed E-state index contributed by atoms with van der Waals surface area (Å²) in [7, 11) is -3.99. The van der Waals surface area contributed by atoms with E-state index in [0.717, 1.165) is 132 Å². The highest BCUT2D eigenvalue weighted by atomic mass is 32.2. The zero-order chi connectivity index (χ0) is 51.6. The molecule has 0 saturated carbocycles. The van der Waals surface area contributed by atoms with Gasteiger partial charge in [-0.15, -0.1) is 22.7 Å². The number of aliphatic hydroxyl groups is 2. The number of allylic oxidation sites excluding steroid dienone is 1. The summed E-state index contributed by atoms with van der Waals surface area (Å²) < 4.78 is 38.0. The molecule has 2 saturated heterocycles. The molecule has 2 fully saturated rings. The summed E-state index contributed by atoms with van der Waals surface area (Å²) in [5.41, 5.74) is 4.34. The summed E-state index contributed by atoms with van der Waals surface area (Å²) in [4.78, 5) is 20.2. The van der Waals surface area contributed by atoms with Crippen molar-refractivity contribution in [3.05, 3.63) is 117 Å². The molecule has 15 nitrogen and oxygen atoms in total. The topological polar surface area (TPSA) is 212 Å². The van der Waals surface area contributed by atoms with Crippen LogP contribution >= 0.6 is 22.7 Å². The Balaban J connectivity index is 0.000000214. The Bertz CT molecular complexity index is 3050. The zero-order valence-corrected chi connectivity index (χ0v) is 43.8. The van der Waals surface area contributed by atoms with Gasteiger partial charge < -0.3 is 35.6 Å². The van der Waals surface area contributed by atoms with E-state index >= 15 is 0 Å².